The predicted molar refractivity (Wildman–Crippen MR) is 114 cm³/mol. The van der Waals surface area contributed by atoms with Crippen LogP contribution < -0.4 is 5.32 Å². The van der Waals surface area contributed by atoms with Crippen LogP contribution in [0.2, 0.25) is 0 Å². The molecule has 0 atom stereocenters. The smallest absolute Gasteiger partial charge is 0.341 e. The first-order valence-corrected chi connectivity index (χ1v) is 11.7. The number of ether oxygens (including phenoxy) is 1. The van der Waals surface area contributed by atoms with Gasteiger partial charge in [0.25, 0.3) is 0 Å². The van der Waals surface area contributed by atoms with Crippen LogP contribution >= 0.6 is 11.3 Å². The highest BCUT2D eigenvalue weighted by atomic mass is 32.2. The number of thiazole rings is 1. The molecule has 0 aliphatic carbocycles. The van der Waals surface area contributed by atoms with Crippen LogP contribution in [0.5, 0.6) is 0 Å². The Morgan fingerprint density at radius 3 is 2.47 bits per heavy atom. The molecule has 1 amide bonds. The fraction of sp³-hybridized carbons (Fsp3) is 0.190. The van der Waals surface area contributed by atoms with E-state index in [-0.39, 0.29) is 24.5 Å². The van der Waals surface area contributed by atoms with Gasteiger partial charge < -0.3 is 10.1 Å². The number of amides is 1. The summed E-state index contributed by atoms with van der Waals surface area (Å²) in [7, 11) is -4.73. The number of aryl methyl sites for hydroxylation is 1. The molecule has 0 fully saturated rings. The lowest BCUT2D eigenvalue weighted by molar-refractivity contribution is -0.115. The van der Waals surface area contributed by atoms with E-state index in [9.17, 15) is 26.8 Å². The number of rotatable bonds is 8. The summed E-state index contributed by atoms with van der Waals surface area (Å²) in [6.07, 6.45) is 0.0625. The van der Waals surface area contributed by atoms with Gasteiger partial charge in [0.1, 0.15) is 11.6 Å². The summed E-state index contributed by atoms with van der Waals surface area (Å²) in [5, 5.41) is 5.01. The Bertz CT molecular complexity index is 1220. The molecular formula is C21H18F2N2O5S2. The van der Waals surface area contributed by atoms with Crippen LogP contribution in [0.15, 0.2) is 58.8 Å². The number of halogens is 2. The number of anilines is 1. The Balaban J connectivity index is 1.54. The van der Waals surface area contributed by atoms with Crippen molar-refractivity contribution in [2.24, 2.45) is 0 Å². The van der Waals surface area contributed by atoms with E-state index in [4.69, 9.17) is 4.74 Å². The Morgan fingerprint density at radius 2 is 1.81 bits per heavy atom. The Labute approximate surface area is 187 Å². The van der Waals surface area contributed by atoms with Crippen LogP contribution in [0.4, 0.5) is 14.5 Å². The summed E-state index contributed by atoms with van der Waals surface area (Å²) in [4.78, 5) is 28.0. The van der Waals surface area contributed by atoms with Gasteiger partial charge in [0.05, 0.1) is 22.6 Å². The van der Waals surface area contributed by atoms with Crippen molar-refractivity contribution in [2.45, 2.75) is 30.6 Å². The van der Waals surface area contributed by atoms with Crippen molar-refractivity contribution in [1.29, 1.82) is 0 Å². The highest BCUT2D eigenvalue weighted by molar-refractivity contribution is 7.91. The Morgan fingerprint density at radius 1 is 1.12 bits per heavy atom. The zero-order valence-corrected chi connectivity index (χ0v) is 18.4. The first-order valence-electron chi connectivity index (χ1n) is 9.25. The molecule has 3 rings (SSSR count). The highest BCUT2D eigenvalue weighted by Crippen LogP contribution is 2.20. The van der Waals surface area contributed by atoms with Crippen molar-refractivity contribution in [3.8, 4) is 0 Å². The third-order valence-electron chi connectivity index (χ3n) is 4.33. The molecular weight excluding hydrogens is 462 g/mol. The molecule has 0 spiro atoms. The molecule has 3 aromatic rings. The molecule has 0 aliphatic heterocycles. The number of benzene rings is 2. The maximum atomic E-state index is 12.6. The van der Waals surface area contributed by atoms with E-state index < -0.39 is 26.5 Å². The monoisotopic (exact) mass is 480 g/mol. The normalized spacial score (nSPS) is 11.4. The second-order valence-corrected chi connectivity index (χ2v) is 9.54. The van der Waals surface area contributed by atoms with Crippen molar-refractivity contribution in [3.05, 3.63) is 75.7 Å². The predicted octanol–water partition coefficient (Wildman–Crippen LogP) is 3.99. The van der Waals surface area contributed by atoms with Gasteiger partial charge in [-0.3, -0.25) is 4.79 Å². The summed E-state index contributed by atoms with van der Waals surface area (Å²) in [5.74, 6) is -4.54. The fourth-order valence-electron chi connectivity index (χ4n) is 2.65. The zero-order valence-electron chi connectivity index (χ0n) is 16.7. The molecule has 1 N–H and O–H groups in total. The summed E-state index contributed by atoms with van der Waals surface area (Å²) in [5.41, 5.74) is 2.10. The number of carbonyl (C=O) groups is 2. The van der Waals surface area contributed by atoms with Crippen LogP contribution in [0.1, 0.15) is 26.6 Å². The van der Waals surface area contributed by atoms with E-state index in [2.05, 4.69) is 10.3 Å². The van der Waals surface area contributed by atoms with E-state index in [1.54, 1.807) is 11.4 Å². The molecule has 0 saturated heterocycles. The number of hydrogen-bond donors (Lipinski definition) is 1. The number of carbonyl (C=O) groups excluding carboxylic acids is 2. The maximum absolute atomic E-state index is 12.6. The number of hydrogen-bond acceptors (Lipinski definition) is 7. The third kappa shape index (κ3) is 5.74. The zero-order chi connectivity index (χ0) is 23.3. The van der Waals surface area contributed by atoms with Crippen LogP contribution in [-0.4, -0.2) is 31.0 Å². The van der Waals surface area contributed by atoms with Crippen molar-refractivity contribution in [2.75, 3.05) is 5.32 Å². The molecule has 168 valence electrons. The lowest BCUT2D eigenvalue weighted by Crippen LogP contribution is -2.15. The standard InChI is InChI=1S/C21H18F2N2O5S2/c1-13-4-2-3-5-17(13)25-18(26)10-19-24-15(12-31-19)11-30-20(27)14-6-8-16(9-7-14)32(28,29)21(22)23/h2-9,12,21H,10-11H2,1H3,(H,25,26). The number of sulfone groups is 1. The average molecular weight is 481 g/mol. The summed E-state index contributed by atoms with van der Waals surface area (Å²) in [6, 6.07) is 11.4. The first kappa shape index (κ1) is 23.5. The van der Waals surface area contributed by atoms with Crippen molar-refractivity contribution in [1.82, 2.24) is 4.98 Å². The molecule has 0 bridgehead atoms. The average Bonchev–Trinajstić information content (AvgIpc) is 3.20. The summed E-state index contributed by atoms with van der Waals surface area (Å²) in [6.45, 7) is 1.72. The molecule has 11 heteroatoms. The quantitative estimate of drug-likeness (QED) is 0.489. The molecule has 0 unspecified atom stereocenters. The maximum Gasteiger partial charge on any atom is 0.341 e. The Kier molecular flexibility index (Phi) is 7.31. The fourth-order valence-corrected chi connectivity index (χ4v) is 4.15. The molecule has 7 nitrogen and oxygen atoms in total. The van der Waals surface area contributed by atoms with Crippen molar-refractivity contribution >= 4 is 38.7 Å². The summed E-state index contributed by atoms with van der Waals surface area (Å²) < 4.78 is 53.1. The number of nitrogens with zero attached hydrogens (tertiary/aromatic N) is 1. The lowest BCUT2D eigenvalue weighted by atomic mass is 10.2. The Hall–Kier alpha value is -3.18. The van der Waals surface area contributed by atoms with Gasteiger partial charge in [-0.05, 0) is 42.8 Å². The minimum atomic E-state index is -4.73. The van der Waals surface area contributed by atoms with Crippen LogP contribution in [-0.2, 0) is 32.4 Å². The largest absolute Gasteiger partial charge is 0.456 e. The minimum Gasteiger partial charge on any atom is -0.456 e. The van der Waals surface area contributed by atoms with E-state index in [0.29, 0.717) is 10.7 Å². The van der Waals surface area contributed by atoms with Gasteiger partial charge >= 0.3 is 11.7 Å². The van der Waals surface area contributed by atoms with E-state index >= 15 is 0 Å². The number of esters is 1. The topological polar surface area (TPSA) is 102 Å². The SMILES string of the molecule is Cc1ccccc1NC(=O)Cc1nc(COC(=O)c2ccc(S(=O)(=O)C(F)F)cc2)cs1. The van der Waals surface area contributed by atoms with Gasteiger partial charge in [-0.1, -0.05) is 18.2 Å². The van der Waals surface area contributed by atoms with Crippen molar-refractivity contribution in [3.63, 3.8) is 0 Å². The second-order valence-electron chi connectivity index (χ2n) is 6.68. The lowest BCUT2D eigenvalue weighted by Gasteiger charge is -2.07. The molecule has 1 heterocycles. The van der Waals surface area contributed by atoms with Gasteiger partial charge in [0, 0.05) is 11.1 Å². The minimum absolute atomic E-state index is 0.00581. The second kappa shape index (κ2) is 9.96. The molecule has 0 aliphatic rings. The number of nitrogens with one attached hydrogen (secondary N) is 1. The summed E-state index contributed by atoms with van der Waals surface area (Å²) >= 11 is 1.25. The van der Waals surface area contributed by atoms with Gasteiger partial charge in [-0.15, -0.1) is 11.3 Å². The van der Waals surface area contributed by atoms with Gasteiger partial charge in [-0.2, -0.15) is 8.78 Å². The van der Waals surface area contributed by atoms with Gasteiger partial charge in [0.2, 0.25) is 15.7 Å². The van der Waals surface area contributed by atoms with Gasteiger partial charge in [-0.25, -0.2) is 18.2 Å². The molecule has 1 aromatic heterocycles. The molecule has 0 saturated carbocycles. The van der Waals surface area contributed by atoms with E-state index in [1.165, 1.54) is 11.3 Å². The van der Waals surface area contributed by atoms with Gasteiger partial charge in [0.15, 0.2) is 0 Å². The number of para-hydroxylation sites is 1. The number of aromatic nitrogens is 1. The third-order valence-corrected chi connectivity index (χ3v) is 6.63. The van der Waals surface area contributed by atoms with E-state index in [0.717, 1.165) is 35.5 Å². The highest BCUT2D eigenvalue weighted by Gasteiger charge is 2.26. The molecule has 0 radical (unpaired) electrons. The van der Waals surface area contributed by atoms with Crippen LogP contribution in [0.25, 0.3) is 0 Å². The first-order chi connectivity index (χ1) is 15.2. The molecule has 32 heavy (non-hydrogen) atoms. The molecule has 2 aromatic carbocycles. The number of alkyl halides is 2. The van der Waals surface area contributed by atoms with Crippen molar-refractivity contribution < 1.29 is 31.5 Å². The van der Waals surface area contributed by atoms with E-state index in [1.807, 2.05) is 25.1 Å². The van der Waals surface area contributed by atoms with Crippen LogP contribution in [0, 0.1) is 6.92 Å². The van der Waals surface area contributed by atoms with Crippen LogP contribution in [0.3, 0.4) is 0 Å².